The lowest BCUT2D eigenvalue weighted by Crippen LogP contribution is -2.46. The van der Waals surface area contributed by atoms with Crippen molar-refractivity contribution in [2.45, 2.75) is 38.6 Å². The van der Waals surface area contributed by atoms with Crippen molar-refractivity contribution >= 4 is 23.5 Å². The molecule has 3 rings (SSSR count). The van der Waals surface area contributed by atoms with Gasteiger partial charge in [-0.15, -0.1) is 0 Å². The molecule has 128 valence electrons. The minimum Gasteiger partial charge on any atom is -0.464 e. The lowest BCUT2D eigenvalue weighted by atomic mass is 10.1. The molecule has 1 atom stereocenters. The Morgan fingerprint density at radius 1 is 1.21 bits per heavy atom. The van der Waals surface area contributed by atoms with Gasteiger partial charge in [-0.2, -0.15) is 0 Å². The van der Waals surface area contributed by atoms with Crippen LogP contribution in [0.4, 0.5) is 5.69 Å². The zero-order valence-electron chi connectivity index (χ0n) is 13.9. The molecule has 2 aliphatic heterocycles. The van der Waals surface area contributed by atoms with Gasteiger partial charge >= 0.3 is 5.97 Å². The number of amides is 2. The van der Waals surface area contributed by atoms with Crippen LogP contribution in [0.3, 0.4) is 0 Å². The molecule has 0 radical (unpaired) electrons. The van der Waals surface area contributed by atoms with Crippen molar-refractivity contribution in [3.63, 3.8) is 0 Å². The van der Waals surface area contributed by atoms with Crippen molar-refractivity contribution in [3.05, 3.63) is 29.8 Å². The summed E-state index contributed by atoms with van der Waals surface area (Å²) in [5.41, 5.74) is 2.13. The molecular weight excluding hydrogens is 308 g/mol. The highest BCUT2D eigenvalue weighted by molar-refractivity contribution is 5.99. The van der Waals surface area contributed by atoms with E-state index in [1.165, 1.54) is 4.90 Å². The Labute approximate surface area is 141 Å². The van der Waals surface area contributed by atoms with Crippen molar-refractivity contribution in [2.24, 2.45) is 0 Å². The second-order valence-corrected chi connectivity index (χ2v) is 6.09. The molecule has 0 saturated carbocycles. The van der Waals surface area contributed by atoms with Crippen LogP contribution in [0.1, 0.15) is 31.7 Å². The van der Waals surface area contributed by atoms with Crippen molar-refractivity contribution < 1.29 is 19.1 Å². The Morgan fingerprint density at radius 2 is 2.00 bits per heavy atom. The van der Waals surface area contributed by atoms with E-state index in [9.17, 15) is 14.4 Å². The number of imide groups is 1. The van der Waals surface area contributed by atoms with Gasteiger partial charge in [-0.25, -0.2) is 4.79 Å². The van der Waals surface area contributed by atoms with Crippen molar-refractivity contribution in [1.29, 1.82) is 0 Å². The zero-order chi connectivity index (χ0) is 17.1. The lowest BCUT2D eigenvalue weighted by Gasteiger charge is -2.29. The largest absolute Gasteiger partial charge is 0.464 e. The van der Waals surface area contributed by atoms with Crippen molar-refractivity contribution in [2.75, 3.05) is 24.6 Å². The highest BCUT2D eigenvalue weighted by atomic mass is 16.5. The fourth-order valence-corrected chi connectivity index (χ4v) is 3.43. The van der Waals surface area contributed by atoms with E-state index in [1.807, 2.05) is 29.2 Å². The normalized spacial score (nSPS) is 17.8. The third kappa shape index (κ3) is 3.13. The van der Waals surface area contributed by atoms with Crippen LogP contribution in [-0.4, -0.2) is 48.4 Å². The number of ether oxygens (including phenoxy) is 1. The molecule has 0 bridgehead atoms. The molecule has 1 unspecified atom stereocenters. The second kappa shape index (κ2) is 7.03. The SMILES string of the molecule is CCOC(=O)C(CC(=O)N1CCCC1=O)N1CCc2ccccc21. The van der Waals surface area contributed by atoms with E-state index < -0.39 is 12.0 Å². The van der Waals surface area contributed by atoms with Crippen molar-refractivity contribution in [1.82, 2.24) is 4.90 Å². The van der Waals surface area contributed by atoms with Gasteiger partial charge in [0.1, 0.15) is 6.04 Å². The van der Waals surface area contributed by atoms with Gasteiger partial charge in [0, 0.05) is 25.2 Å². The van der Waals surface area contributed by atoms with Crippen LogP contribution in [-0.2, 0) is 25.5 Å². The molecule has 1 aromatic carbocycles. The molecule has 0 spiro atoms. The van der Waals surface area contributed by atoms with Crippen LogP contribution < -0.4 is 4.90 Å². The Bertz CT molecular complexity index is 658. The summed E-state index contributed by atoms with van der Waals surface area (Å²) in [5, 5.41) is 0. The Kier molecular flexibility index (Phi) is 4.83. The number of nitrogens with zero attached hydrogens (tertiary/aromatic N) is 2. The summed E-state index contributed by atoms with van der Waals surface area (Å²) in [4.78, 5) is 40.0. The van der Waals surface area contributed by atoms with E-state index in [0.29, 0.717) is 25.9 Å². The number of likely N-dealkylation sites (tertiary alicyclic amines) is 1. The molecule has 1 saturated heterocycles. The minimum absolute atomic E-state index is 0.0289. The molecule has 2 amide bonds. The fourth-order valence-electron chi connectivity index (χ4n) is 3.43. The number of rotatable bonds is 5. The van der Waals surface area contributed by atoms with Crippen LogP contribution in [0.25, 0.3) is 0 Å². The lowest BCUT2D eigenvalue weighted by molar-refractivity contribution is -0.149. The standard InChI is InChI=1S/C18H22N2O4/c1-2-24-18(23)15(12-17(22)20-10-5-8-16(20)21)19-11-9-13-6-3-4-7-14(13)19/h3-4,6-7,15H,2,5,8-12H2,1H3. The summed E-state index contributed by atoms with van der Waals surface area (Å²) in [7, 11) is 0. The molecular formula is C18H22N2O4. The monoisotopic (exact) mass is 330 g/mol. The number of fused-ring (bicyclic) bond motifs is 1. The molecule has 0 aliphatic carbocycles. The molecule has 6 nitrogen and oxygen atoms in total. The molecule has 2 heterocycles. The first kappa shape index (κ1) is 16.5. The number of carbonyl (C=O) groups is 3. The van der Waals surface area contributed by atoms with Gasteiger partial charge in [0.2, 0.25) is 11.8 Å². The molecule has 0 N–H and O–H groups in total. The van der Waals surface area contributed by atoms with Crippen LogP contribution in [0, 0.1) is 0 Å². The molecule has 6 heteroatoms. The Hall–Kier alpha value is -2.37. The first-order valence-corrected chi connectivity index (χ1v) is 8.46. The maximum Gasteiger partial charge on any atom is 0.329 e. The molecule has 1 aromatic rings. The van der Waals surface area contributed by atoms with E-state index in [1.54, 1.807) is 6.92 Å². The summed E-state index contributed by atoms with van der Waals surface area (Å²) in [5.74, 6) is -0.849. The van der Waals surface area contributed by atoms with Gasteiger partial charge in [-0.05, 0) is 31.4 Å². The number of anilines is 1. The van der Waals surface area contributed by atoms with Gasteiger partial charge in [0.05, 0.1) is 13.0 Å². The first-order chi connectivity index (χ1) is 11.6. The quantitative estimate of drug-likeness (QED) is 0.766. The van der Waals surface area contributed by atoms with E-state index in [-0.39, 0.29) is 24.8 Å². The first-order valence-electron chi connectivity index (χ1n) is 8.46. The summed E-state index contributed by atoms with van der Waals surface area (Å²) in [6, 6.07) is 7.19. The van der Waals surface area contributed by atoms with Gasteiger partial charge in [0.15, 0.2) is 0 Å². The van der Waals surface area contributed by atoms with E-state index in [2.05, 4.69) is 0 Å². The molecule has 0 aromatic heterocycles. The average molecular weight is 330 g/mol. The second-order valence-electron chi connectivity index (χ2n) is 6.09. The van der Waals surface area contributed by atoms with Gasteiger partial charge < -0.3 is 9.64 Å². The van der Waals surface area contributed by atoms with E-state index in [0.717, 1.165) is 17.7 Å². The summed E-state index contributed by atoms with van der Waals surface area (Å²) in [6.45, 7) is 3.13. The van der Waals surface area contributed by atoms with Gasteiger partial charge in [0.25, 0.3) is 0 Å². The van der Waals surface area contributed by atoms with Crippen LogP contribution >= 0.6 is 0 Å². The molecule has 1 fully saturated rings. The maximum atomic E-state index is 12.5. The third-order valence-electron chi connectivity index (χ3n) is 4.60. The topological polar surface area (TPSA) is 66.9 Å². The summed E-state index contributed by atoms with van der Waals surface area (Å²) < 4.78 is 5.19. The van der Waals surface area contributed by atoms with Crippen LogP contribution in [0.15, 0.2) is 24.3 Å². The fraction of sp³-hybridized carbons (Fsp3) is 0.500. The van der Waals surface area contributed by atoms with Crippen molar-refractivity contribution in [3.8, 4) is 0 Å². The smallest absolute Gasteiger partial charge is 0.329 e. The predicted molar refractivity (Wildman–Crippen MR) is 88.5 cm³/mol. The van der Waals surface area contributed by atoms with Crippen LogP contribution in [0.5, 0.6) is 0 Å². The third-order valence-corrected chi connectivity index (χ3v) is 4.60. The number of hydrogen-bond donors (Lipinski definition) is 0. The minimum atomic E-state index is -0.686. The predicted octanol–water partition coefficient (Wildman–Crippen LogP) is 1.52. The molecule has 2 aliphatic rings. The number of carbonyl (C=O) groups excluding carboxylic acids is 3. The highest BCUT2D eigenvalue weighted by Gasteiger charge is 2.36. The maximum absolute atomic E-state index is 12.5. The van der Waals surface area contributed by atoms with Gasteiger partial charge in [-0.3, -0.25) is 14.5 Å². The highest BCUT2D eigenvalue weighted by Crippen LogP contribution is 2.31. The molecule has 24 heavy (non-hydrogen) atoms. The van der Waals surface area contributed by atoms with Gasteiger partial charge in [-0.1, -0.05) is 18.2 Å². The number of benzene rings is 1. The Morgan fingerprint density at radius 3 is 2.71 bits per heavy atom. The summed E-state index contributed by atoms with van der Waals surface area (Å²) in [6.07, 6.45) is 1.91. The number of para-hydroxylation sites is 1. The van der Waals surface area contributed by atoms with E-state index >= 15 is 0 Å². The average Bonchev–Trinajstić information content (AvgIpc) is 3.19. The summed E-state index contributed by atoms with van der Waals surface area (Å²) >= 11 is 0. The number of esters is 1. The Balaban J connectivity index is 1.81. The zero-order valence-corrected chi connectivity index (χ0v) is 13.9. The van der Waals surface area contributed by atoms with Crippen LogP contribution in [0.2, 0.25) is 0 Å². The number of hydrogen-bond acceptors (Lipinski definition) is 5. The van der Waals surface area contributed by atoms with E-state index in [4.69, 9.17) is 4.74 Å².